The fourth-order valence-corrected chi connectivity index (χ4v) is 3.49. The summed E-state index contributed by atoms with van der Waals surface area (Å²) in [6, 6.07) is 8.47. The highest BCUT2D eigenvalue weighted by molar-refractivity contribution is 6.07. The van der Waals surface area contributed by atoms with Crippen molar-refractivity contribution in [3.05, 3.63) is 35.4 Å². The van der Waals surface area contributed by atoms with Gasteiger partial charge in [0.25, 0.3) is 5.91 Å². The van der Waals surface area contributed by atoms with Crippen LogP contribution in [0.4, 0.5) is 4.79 Å². The minimum Gasteiger partial charge on any atom is -0.461 e. The molecule has 26 heavy (non-hydrogen) atoms. The molecule has 1 spiro atoms. The molecule has 0 unspecified atom stereocenters. The van der Waals surface area contributed by atoms with Crippen LogP contribution in [0.25, 0.3) is 0 Å². The van der Waals surface area contributed by atoms with E-state index in [-0.39, 0.29) is 37.5 Å². The highest BCUT2D eigenvalue weighted by Crippen LogP contribution is 2.35. The number of esters is 1. The van der Waals surface area contributed by atoms with Crippen LogP contribution in [0.1, 0.15) is 49.7 Å². The maximum Gasteiger partial charge on any atom is 0.325 e. The number of carbonyl (C=O) groups excluding carboxylic acids is 3. The Kier molecular flexibility index (Phi) is 5.21. The van der Waals surface area contributed by atoms with Gasteiger partial charge in [-0.15, -0.1) is 0 Å². The first-order chi connectivity index (χ1) is 12.5. The number of urea groups is 1. The van der Waals surface area contributed by atoms with Crippen molar-refractivity contribution >= 4 is 17.9 Å². The first-order valence-electron chi connectivity index (χ1n) is 8.83. The van der Waals surface area contributed by atoms with E-state index in [4.69, 9.17) is 10.00 Å². The molecule has 1 heterocycles. The standard InChI is InChI=1S/C19H21N3O4/c20-12-14-5-7-15(8-6-14)13-26-16(23)4-3-11-22-17(24)19(21-18(22)25)9-1-2-10-19/h5-8H,1-4,9-11,13H2,(H,21,25). The lowest BCUT2D eigenvalue weighted by Gasteiger charge is -2.19. The molecule has 1 aromatic rings. The van der Waals surface area contributed by atoms with Crippen LogP contribution in [-0.4, -0.2) is 34.9 Å². The number of hydrogen-bond acceptors (Lipinski definition) is 5. The number of nitrogens with one attached hydrogen (secondary N) is 1. The molecule has 0 aromatic heterocycles. The molecule has 0 atom stereocenters. The zero-order valence-electron chi connectivity index (χ0n) is 14.5. The summed E-state index contributed by atoms with van der Waals surface area (Å²) >= 11 is 0. The third-order valence-electron chi connectivity index (χ3n) is 4.95. The van der Waals surface area contributed by atoms with Crippen LogP contribution in [0.3, 0.4) is 0 Å². The largest absolute Gasteiger partial charge is 0.461 e. The summed E-state index contributed by atoms with van der Waals surface area (Å²) in [6.07, 6.45) is 3.80. The second-order valence-corrected chi connectivity index (χ2v) is 6.75. The molecule has 3 amide bonds. The maximum absolute atomic E-state index is 12.5. The second-order valence-electron chi connectivity index (χ2n) is 6.75. The summed E-state index contributed by atoms with van der Waals surface area (Å²) in [7, 11) is 0. The lowest BCUT2D eigenvalue weighted by Crippen LogP contribution is -2.44. The Morgan fingerprint density at radius 1 is 1.23 bits per heavy atom. The van der Waals surface area contributed by atoms with E-state index in [0.717, 1.165) is 18.4 Å². The van der Waals surface area contributed by atoms with E-state index < -0.39 is 5.54 Å². The van der Waals surface area contributed by atoms with Gasteiger partial charge in [0.2, 0.25) is 0 Å². The van der Waals surface area contributed by atoms with Crippen molar-refractivity contribution in [3.8, 4) is 6.07 Å². The third-order valence-corrected chi connectivity index (χ3v) is 4.95. The molecule has 0 radical (unpaired) electrons. The van der Waals surface area contributed by atoms with Gasteiger partial charge in [0.1, 0.15) is 12.1 Å². The van der Waals surface area contributed by atoms with E-state index in [0.29, 0.717) is 24.8 Å². The van der Waals surface area contributed by atoms with Gasteiger partial charge in [-0.2, -0.15) is 5.26 Å². The summed E-state index contributed by atoms with van der Waals surface area (Å²) in [5.41, 5.74) is 0.649. The van der Waals surface area contributed by atoms with Crippen LogP contribution in [-0.2, 0) is 20.9 Å². The van der Waals surface area contributed by atoms with Gasteiger partial charge >= 0.3 is 12.0 Å². The van der Waals surface area contributed by atoms with E-state index >= 15 is 0 Å². The Morgan fingerprint density at radius 3 is 2.58 bits per heavy atom. The lowest BCUT2D eigenvalue weighted by atomic mass is 9.98. The fraction of sp³-hybridized carbons (Fsp3) is 0.474. The van der Waals surface area contributed by atoms with E-state index in [2.05, 4.69) is 5.32 Å². The molecule has 1 saturated carbocycles. The summed E-state index contributed by atoms with van der Waals surface area (Å²) < 4.78 is 5.19. The zero-order chi connectivity index (χ0) is 18.6. The fourth-order valence-electron chi connectivity index (χ4n) is 3.49. The van der Waals surface area contributed by atoms with Crippen LogP contribution >= 0.6 is 0 Å². The number of ether oxygens (including phenoxy) is 1. The molecule has 1 saturated heterocycles. The van der Waals surface area contributed by atoms with Crippen LogP contribution in [0, 0.1) is 11.3 Å². The Labute approximate surface area is 151 Å². The highest BCUT2D eigenvalue weighted by atomic mass is 16.5. The summed E-state index contributed by atoms with van der Waals surface area (Å²) in [5, 5.41) is 11.6. The van der Waals surface area contributed by atoms with Crippen molar-refractivity contribution in [3.63, 3.8) is 0 Å². The van der Waals surface area contributed by atoms with Crippen molar-refractivity contribution in [1.82, 2.24) is 10.2 Å². The number of carbonyl (C=O) groups is 3. The Morgan fingerprint density at radius 2 is 1.92 bits per heavy atom. The predicted octanol–water partition coefficient (Wildman–Crippen LogP) is 2.25. The van der Waals surface area contributed by atoms with Gasteiger partial charge in [0.15, 0.2) is 0 Å². The van der Waals surface area contributed by atoms with Crippen molar-refractivity contribution in [2.24, 2.45) is 0 Å². The van der Waals surface area contributed by atoms with Crippen molar-refractivity contribution < 1.29 is 19.1 Å². The first-order valence-corrected chi connectivity index (χ1v) is 8.83. The topological polar surface area (TPSA) is 99.5 Å². The van der Waals surface area contributed by atoms with E-state index in [1.165, 1.54) is 4.90 Å². The number of rotatable bonds is 6. The molecule has 1 aliphatic carbocycles. The van der Waals surface area contributed by atoms with Gasteiger partial charge in [-0.05, 0) is 37.0 Å². The predicted molar refractivity (Wildman–Crippen MR) is 91.6 cm³/mol. The molecule has 7 heteroatoms. The molecule has 1 aliphatic heterocycles. The van der Waals surface area contributed by atoms with Crippen LogP contribution < -0.4 is 5.32 Å². The quantitative estimate of drug-likeness (QED) is 0.623. The number of imide groups is 1. The van der Waals surface area contributed by atoms with E-state index in [9.17, 15) is 14.4 Å². The number of benzene rings is 1. The smallest absolute Gasteiger partial charge is 0.325 e. The molecule has 7 nitrogen and oxygen atoms in total. The van der Waals surface area contributed by atoms with Crippen LogP contribution in [0.2, 0.25) is 0 Å². The Bertz CT molecular complexity index is 745. The highest BCUT2D eigenvalue weighted by Gasteiger charge is 2.51. The van der Waals surface area contributed by atoms with Crippen LogP contribution in [0.5, 0.6) is 0 Å². The Balaban J connectivity index is 1.41. The zero-order valence-corrected chi connectivity index (χ0v) is 14.5. The van der Waals surface area contributed by atoms with Crippen LogP contribution in [0.15, 0.2) is 24.3 Å². The molecule has 2 fully saturated rings. The molecule has 1 N–H and O–H groups in total. The molecule has 0 bridgehead atoms. The minimum absolute atomic E-state index is 0.136. The van der Waals surface area contributed by atoms with Gasteiger partial charge in [-0.1, -0.05) is 25.0 Å². The van der Waals surface area contributed by atoms with Gasteiger partial charge in [-0.25, -0.2) is 4.79 Å². The SMILES string of the molecule is N#Cc1ccc(COC(=O)CCCN2C(=O)NC3(CCCC3)C2=O)cc1. The molecule has 136 valence electrons. The van der Waals surface area contributed by atoms with E-state index in [1.54, 1.807) is 24.3 Å². The number of nitrogens with zero attached hydrogens (tertiary/aromatic N) is 2. The van der Waals surface area contributed by atoms with Crippen molar-refractivity contribution in [2.75, 3.05) is 6.54 Å². The van der Waals surface area contributed by atoms with Crippen molar-refractivity contribution in [2.45, 2.75) is 50.7 Å². The first kappa shape index (κ1) is 17.9. The molecular weight excluding hydrogens is 334 g/mol. The lowest BCUT2D eigenvalue weighted by molar-refractivity contribution is -0.145. The normalized spacial score (nSPS) is 18.0. The Hall–Kier alpha value is -2.88. The number of hydrogen-bond donors (Lipinski definition) is 1. The van der Waals surface area contributed by atoms with Crippen molar-refractivity contribution in [1.29, 1.82) is 5.26 Å². The summed E-state index contributed by atoms with van der Waals surface area (Å²) in [5.74, 6) is -0.539. The van der Waals surface area contributed by atoms with Gasteiger partial charge in [-0.3, -0.25) is 14.5 Å². The summed E-state index contributed by atoms with van der Waals surface area (Å²) in [6.45, 7) is 0.356. The van der Waals surface area contributed by atoms with Gasteiger partial charge in [0, 0.05) is 13.0 Å². The number of amides is 3. The summed E-state index contributed by atoms with van der Waals surface area (Å²) in [4.78, 5) is 37.6. The molecule has 1 aromatic carbocycles. The second kappa shape index (κ2) is 7.56. The monoisotopic (exact) mass is 355 g/mol. The molecule has 3 rings (SSSR count). The maximum atomic E-state index is 12.5. The third kappa shape index (κ3) is 3.69. The molecular formula is C19H21N3O4. The van der Waals surface area contributed by atoms with E-state index in [1.807, 2.05) is 6.07 Å². The average Bonchev–Trinajstić information content (AvgIpc) is 3.21. The molecule has 2 aliphatic rings. The van der Waals surface area contributed by atoms with Gasteiger partial charge < -0.3 is 10.1 Å². The minimum atomic E-state index is -0.701. The number of nitriles is 1. The average molecular weight is 355 g/mol. The van der Waals surface area contributed by atoms with Gasteiger partial charge in [0.05, 0.1) is 11.6 Å².